The van der Waals surface area contributed by atoms with Crippen LogP contribution >= 0.6 is 0 Å². The second-order valence-corrected chi connectivity index (χ2v) is 5.98. The number of aromatic nitrogens is 2. The van der Waals surface area contributed by atoms with Gasteiger partial charge < -0.3 is 13.8 Å². The van der Waals surface area contributed by atoms with Crippen molar-refractivity contribution < 1.29 is 9.26 Å². The average Bonchev–Trinajstić information content (AvgIpc) is 3.21. The van der Waals surface area contributed by atoms with Gasteiger partial charge in [-0.1, -0.05) is 17.3 Å². The Bertz CT molecular complexity index is 1010. The molecule has 0 saturated carbocycles. The maximum absolute atomic E-state index is 5.33. The van der Waals surface area contributed by atoms with Crippen LogP contribution in [0, 0.1) is 6.92 Å². The van der Waals surface area contributed by atoms with Crippen molar-refractivity contribution in [2.75, 3.05) is 7.11 Å². The van der Waals surface area contributed by atoms with Gasteiger partial charge in [-0.05, 0) is 48.4 Å². The van der Waals surface area contributed by atoms with Crippen molar-refractivity contribution in [1.29, 1.82) is 0 Å². The van der Waals surface area contributed by atoms with Crippen LogP contribution in [0.3, 0.4) is 0 Å². The number of methoxy groups -OCH3 is 1. The third kappa shape index (κ3) is 2.27. The predicted molar refractivity (Wildman–Crippen MR) is 95.1 cm³/mol. The van der Waals surface area contributed by atoms with Gasteiger partial charge in [0.2, 0.25) is 0 Å². The first-order valence-electron chi connectivity index (χ1n) is 7.82. The van der Waals surface area contributed by atoms with E-state index in [9.17, 15) is 0 Å². The Kier molecular flexibility index (Phi) is 3.38. The molecule has 24 heavy (non-hydrogen) atoms. The number of aryl methyl sites for hydroxylation is 2. The normalized spacial score (nSPS) is 11.1. The first-order valence-corrected chi connectivity index (χ1v) is 7.82. The zero-order valence-electron chi connectivity index (χ0n) is 13.9. The van der Waals surface area contributed by atoms with E-state index in [1.807, 2.05) is 31.3 Å². The summed E-state index contributed by atoms with van der Waals surface area (Å²) >= 11 is 0. The van der Waals surface area contributed by atoms with Crippen LogP contribution < -0.4 is 4.74 Å². The second kappa shape index (κ2) is 5.57. The summed E-state index contributed by atoms with van der Waals surface area (Å²) in [6.45, 7) is 2.10. The molecule has 4 nitrogen and oxygen atoms in total. The molecule has 0 atom stereocenters. The van der Waals surface area contributed by atoms with E-state index in [4.69, 9.17) is 9.26 Å². The summed E-state index contributed by atoms with van der Waals surface area (Å²) in [6, 6.07) is 14.4. The highest BCUT2D eigenvalue weighted by Crippen LogP contribution is 2.36. The van der Waals surface area contributed by atoms with E-state index < -0.39 is 0 Å². The molecule has 0 amide bonds. The molecule has 0 unspecified atom stereocenters. The molecule has 0 saturated heterocycles. The monoisotopic (exact) mass is 318 g/mol. The fraction of sp³-hybridized carbons (Fsp3) is 0.150. The van der Waals surface area contributed by atoms with Crippen LogP contribution in [0.4, 0.5) is 0 Å². The summed E-state index contributed by atoms with van der Waals surface area (Å²) < 4.78 is 12.7. The minimum atomic E-state index is 0.831. The quantitative estimate of drug-likeness (QED) is 0.544. The lowest BCUT2D eigenvalue weighted by Crippen LogP contribution is -1.91. The largest absolute Gasteiger partial charge is 0.497 e. The van der Waals surface area contributed by atoms with E-state index >= 15 is 0 Å². The third-order valence-electron chi connectivity index (χ3n) is 4.34. The van der Waals surface area contributed by atoms with Gasteiger partial charge in [-0.25, -0.2) is 0 Å². The number of hydrogen-bond acceptors (Lipinski definition) is 3. The molecule has 0 aliphatic carbocycles. The molecular weight excluding hydrogens is 300 g/mol. The van der Waals surface area contributed by atoms with Crippen molar-refractivity contribution >= 4 is 10.9 Å². The predicted octanol–water partition coefficient (Wildman–Crippen LogP) is 4.82. The van der Waals surface area contributed by atoms with Crippen LogP contribution in [-0.2, 0) is 7.05 Å². The van der Waals surface area contributed by atoms with E-state index in [2.05, 4.69) is 41.0 Å². The highest BCUT2D eigenvalue weighted by molar-refractivity contribution is 5.98. The van der Waals surface area contributed by atoms with Gasteiger partial charge in [0, 0.05) is 29.8 Å². The number of ether oxygens (including phenoxy) is 1. The first-order chi connectivity index (χ1) is 11.7. The molecule has 2 aromatic carbocycles. The average molecular weight is 318 g/mol. The topological polar surface area (TPSA) is 40.2 Å². The third-order valence-corrected chi connectivity index (χ3v) is 4.34. The highest BCUT2D eigenvalue weighted by Gasteiger charge is 2.17. The van der Waals surface area contributed by atoms with Crippen LogP contribution in [0.25, 0.3) is 33.3 Å². The summed E-state index contributed by atoms with van der Waals surface area (Å²) in [7, 11) is 3.72. The molecule has 4 rings (SSSR count). The van der Waals surface area contributed by atoms with Crippen molar-refractivity contribution in [3.63, 3.8) is 0 Å². The van der Waals surface area contributed by atoms with Crippen LogP contribution in [0.5, 0.6) is 5.75 Å². The Hall–Kier alpha value is -3.01. The SMILES string of the molecule is COc1ccc(-c2conc2-c2cc(C)cc3ccn(C)c23)cc1. The Balaban J connectivity index is 1.93. The van der Waals surface area contributed by atoms with Gasteiger partial charge in [-0.2, -0.15) is 0 Å². The van der Waals surface area contributed by atoms with Gasteiger partial charge in [0.15, 0.2) is 0 Å². The van der Waals surface area contributed by atoms with Gasteiger partial charge in [0.1, 0.15) is 17.7 Å². The van der Waals surface area contributed by atoms with E-state index in [0.29, 0.717) is 0 Å². The summed E-state index contributed by atoms with van der Waals surface area (Å²) in [6.07, 6.45) is 3.77. The minimum Gasteiger partial charge on any atom is -0.497 e. The van der Waals surface area contributed by atoms with Crippen molar-refractivity contribution in [1.82, 2.24) is 9.72 Å². The van der Waals surface area contributed by atoms with E-state index in [1.165, 1.54) is 10.9 Å². The number of nitrogens with zero attached hydrogens (tertiary/aromatic N) is 2. The lowest BCUT2D eigenvalue weighted by atomic mass is 9.98. The fourth-order valence-corrected chi connectivity index (χ4v) is 3.18. The Morgan fingerprint density at radius 3 is 2.58 bits per heavy atom. The zero-order valence-corrected chi connectivity index (χ0v) is 13.9. The number of fused-ring (bicyclic) bond motifs is 1. The van der Waals surface area contributed by atoms with Crippen LogP contribution in [0.2, 0.25) is 0 Å². The number of hydrogen-bond donors (Lipinski definition) is 0. The van der Waals surface area contributed by atoms with Crippen LogP contribution in [0.1, 0.15) is 5.56 Å². The molecule has 0 aliphatic rings. The van der Waals surface area contributed by atoms with Crippen molar-refractivity contribution in [3.8, 4) is 28.1 Å². The minimum absolute atomic E-state index is 0.831. The summed E-state index contributed by atoms with van der Waals surface area (Å²) in [5.41, 5.74) is 6.33. The molecular formula is C20H18N2O2. The Morgan fingerprint density at radius 2 is 1.83 bits per heavy atom. The lowest BCUT2D eigenvalue weighted by Gasteiger charge is -2.08. The molecule has 4 heteroatoms. The molecule has 120 valence electrons. The van der Waals surface area contributed by atoms with Gasteiger partial charge in [-0.15, -0.1) is 0 Å². The Labute approximate surface area is 140 Å². The maximum atomic E-state index is 5.33. The number of rotatable bonds is 3. The molecule has 0 aliphatic heterocycles. The highest BCUT2D eigenvalue weighted by atomic mass is 16.5. The molecule has 0 spiro atoms. The standard InChI is InChI=1S/C20H18N2O2/c1-13-10-15-8-9-22(2)20(15)17(11-13)19-18(12-24-21-19)14-4-6-16(23-3)7-5-14/h4-12H,1-3H3. The molecule has 2 aromatic heterocycles. The van der Waals surface area contributed by atoms with E-state index in [0.717, 1.165) is 33.7 Å². The van der Waals surface area contributed by atoms with E-state index in [1.54, 1.807) is 13.4 Å². The van der Waals surface area contributed by atoms with Crippen molar-refractivity contribution in [2.45, 2.75) is 6.92 Å². The van der Waals surface area contributed by atoms with Gasteiger partial charge >= 0.3 is 0 Å². The van der Waals surface area contributed by atoms with Crippen molar-refractivity contribution in [3.05, 3.63) is 60.5 Å². The van der Waals surface area contributed by atoms with E-state index in [-0.39, 0.29) is 0 Å². The summed E-state index contributed by atoms with van der Waals surface area (Å²) in [4.78, 5) is 0. The van der Waals surface area contributed by atoms with Gasteiger partial charge in [0.05, 0.1) is 12.6 Å². The van der Waals surface area contributed by atoms with Gasteiger partial charge in [-0.3, -0.25) is 0 Å². The van der Waals surface area contributed by atoms with Crippen LogP contribution in [-0.4, -0.2) is 16.8 Å². The lowest BCUT2D eigenvalue weighted by molar-refractivity contribution is 0.415. The molecule has 2 heterocycles. The molecule has 4 aromatic rings. The first kappa shape index (κ1) is 14.6. The molecule has 0 bridgehead atoms. The molecule has 0 radical (unpaired) electrons. The number of benzene rings is 2. The van der Waals surface area contributed by atoms with Crippen molar-refractivity contribution in [2.24, 2.45) is 7.05 Å². The van der Waals surface area contributed by atoms with Gasteiger partial charge in [0.25, 0.3) is 0 Å². The summed E-state index contributed by atoms with van der Waals surface area (Å²) in [5, 5.41) is 5.50. The summed E-state index contributed by atoms with van der Waals surface area (Å²) in [5.74, 6) is 0.831. The smallest absolute Gasteiger partial charge is 0.132 e. The van der Waals surface area contributed by atoms with Crippen LogP contribution in [0.15, 0.2) is 59.4 Å². The molecule has 0 N–H and O–H groups in total. The zero-order chi connectivity index (χ0) is 16.7. The fourth-order valence-electron chi connectivity index (χ4n) is 3.18. The maximum Gasteiger partial charge on any atom is 0.132 e. The Morgan fingerprint density at radius 1 is 1.04 bits per heavy atom. The molecule has 0 fully saturated rings. The second-order valence-electron chi connectivity index (χ2n) is 5.98.